The first-order valence-electron chi connectivity index (χ1n) is 13.0. The van der Waals surface area contributed by atoms with Gasteiger partial charge in [0.2, 0.25) is 5.78 Å². The fourth-order valence-corrected chi connectivity index (χ4v) is 6.15. The van der Waals surface area contributed by atoms with Gasteiger partial charge in [-0.15, -0.1) is 0 Å². The van der Waals surface area contributed by atoms with E-state index in [0.717, 1.165) is 0 Å². The lowest BCUT2D eigenvalue weighted by atomic mass is 9.55. The summed E-state index contributed by atoms with van der Waals surface area (Å²) in [7, 11) is 2.92. The number of aromatic hydroxyl groups is 1. The molecular formula is C28H35N3O10. The number of carbonyl (C=O) groups excluding carboxylic acids is 4. The van der Waals surface area contributed by atoms with E-state index in [2.05, 4.69) is 5.32 Å². The lowest BCUT2D eigenvalue weighted by molar-refractivity contribution is -0.162. The number of primary amides is 1. The molecule has 3 aliphatic carbocycles. The second kappa shape index (κ2) is 9.86. The van der Waals surface area contributed by atoms with Crippen molar-refractivity contribution < 1.29 is 49.4 Å². The van der Waals surface area contributed by atoms with Crippen molar-refractivity contribution in [3.63, 3.8) is 0 Å². The number of aliphatic hydroxyl groups excluding tert-OH is 3. The summed E-state index contributed by atoms with van der Waals surface area (Å²) in [5.74, 6) is -9.96. The van der Waals surface area contributed by atoms with Crippen molar-refractivity contribution in [1.82, 2.24) is 4.90 Å². The van der Waals surface area contributed by atoms with Gasteiger partial charge in [-0.2, -0.15) is 0 Å². The van der Waals surface area contributed by atoms with Gasteiger partial charge < -0.3 is 36.0 Å². The number of nitrogens with zero attached hydrogens (tertiary/aromatic N) is 1. The minimum absolute atomic E-state index is 0.0693. The Kier molecular flexibility index (Phi) is 7.22. The van der Waals surface area contributed by atoms with E-state index in [4.69, 9.17) is 10.5 Å². The van der Waals surface area contributed by atoms with Crippen molar-refractivity contribution in [2.45, 2.75) is 51.4 Å². The summed E-state index contributed by atoms with van der Waals surface area (Å²) in [6, 6.07) is 1.48. The first-order valence-corrected chi connectivity index (χ1v) is 13.0. The minimum atomic E-state index is -3.01. The molecule has 0 aromatic heterocycles. The van der Waals surface area contributed by atoms with Crippen LogP contribution < -0.4 is 11.1 Å². The second-order valence-electron chi connectivity index (χ2n) is 12.2. The molecule has 6 atom stereocenters. The topological polar surface area (TPSA) is 220 Å². The summed E-state index contributed by atoms with van der Waals surface area (Å²) in [5.41, 5.74) is 0.252. The number of amides is 2. The Hall–Kier alpha value is -3.94. The molecule has 0 heterocycles. The van der Waals surface area contributed by atoms with E-state index >= 15 is 0 Å². The number of fused-ring (bicyclic) bond motifs is 3. The number of nitrogens with one attached hydrogen (secondary N) is 1. The maximum absolute atomic E-state index is 13.9. The molecule has 0 radical (unpaired) electrons. The highest BCUT2D eigenvalue weighted by Crippen LogP contribution is 2.56. The molecular weight excluding hydrogens is 538 g/mol. The van der Waals surface area contributed by atoms with Gasteiger partial charge in [-0.3, -0.25) is 24.6 Å². The van der Waals surface area contributed by atoms with Gasteiger partial charge in [0.25, 0.3) is 5.91 Å². The molecule has 41 heavy (non-hydrogen) atoms. The number of benzene rings is 1. The summed E-state index contributed by atoms with van der Waals surface area (Å²) in [4.78, 5) is 53.1. The van der Waals surface area contributed by atoms with Gasteiger partial charge in [0.1, 0.15) is 17.1 Å². The third-order valence-corrected chi connectivity index (χ3v) is 8.00. The third kappa shape index (κ3) is 4.44. The zero-order chi connectivity index (χ0) is 30.9. The molecule has 0 aliphatic heterocycles. The van der Waals surface area contributed by atoms with Crippen molar-refractivity contribution in [1.29, 1.82) is 0 Å². The smallest absolute Gasteiger partial charge is 0.411 e. The van der Waals surface area contributed by atoms with Gasteiger partial charge >= 0.3 is 6.09 Å². The maximum atomic E-state index is 13.9. The lowest BCUT2D eigenvalue weighted by Gasteiger charge is -2.53. The quantitative estimate of drug-likeness (QED) is 0.201. The third-order valence-electron chi connectivity index (χ3n) is 8.00. The van der Waals surface area contributed by atoms with Crippen molar-refractivity contribution >= 4 is 29.3 Å². The Balaban J connectivity index is 1.87. The first kappa shape index (κ1) is 30.0. The molecule has 3 aliphatic rings. The van der Waals surface area contributed by atoms with Gasteiger partial charge in [0.05, 0.1) is 35.9 Å². The van der Waals surface area contributed by atoms with E-state index in [1.165, 1.54) is 31.1 Å². The number of likely N-dealkylation sites (N-methyl/N-ethyl adjacent to an activating group) is 1. The molecule has 0 unspecified atom stereocenters. The van der Waals surface area contributed by atoms with Crippen LogP contribution in [-0.2, 0) is 14.3 Å². The molecule has 0 fully saturated rings. The van der Waals surface area contributed by atoms with Crippen LogP contribution in [0, 0.1) is 17.3 Å². The van der Waals surface area contributed by atoms with Crippen molar-refractivity contribution in [2.75, 3.05) is 26.0 Å². The van der Waals surface area contributed by atoms with Crippen LogP contribution in [0.2, 0.25) is 0 Å². The predicted octanol–water partition coefficient (Wildman–Crippen LogP) is 1.25. The number of ketones is 2. The summed E-state index contributed by atoms with van der Waals surface area (Å²) in [6.45, 7) is 7.24. The van der Waals surface area contributed by atoms with Crippen LogP contribution in [0.25, 0.3) is 0 Å². The molecule has 2 amide bonds. The fraction of sp³-hybridized carbons (Fsp3) is 0.500. The van der Waals surface area contributed by atoms with Gasteiger partial charge in [0.15, 0.2) is 17.1 Å². The Morgan fingerprint density at radius 2 is 1.76 bits per heavy atom. The second-order valence-corrected chi connectivity index (χ2v) is 12.2. The number of hydrogen-bond acceptors (Lipinski definition) is 11. The molecule has 13 heteroatoms. The van der Waals surface area contributed by atoms with E-state index in [1.807, 2.05) is 20.8 Å². The van der Waals surface area contributed by atoms with Crippen LogP contribution in [-0.4, -0.2) is 92.4 Å². The van der Waals surface area contributed by atoms with Crippen LogP contribution in [0.3, 0.4) is 0 Å². The molecule has 1 aromatic carbocycles. The first-order chi connectivity index (χ1) is 18.9. The molecule has 13 nitrogen and oxygen atoms in total. The van der Waals surface area contributed by atoms with Gasteiger partial charge in [0, 0.05) is 11.5 Å². The SMILES string of the molecule is C[C@@H]1c2ccc(NC(=O)OCC(C)(C)C)c(O)c2C(=O)C2=C(O)[C@@]3(O)C(=O)C(C(N)=O)=C(O)[C@H](N(C)C)[C@H]3[C@H](O)[C@H]21. The zero-order valence-corrected chi connectivity index (χ0v) is 23.6. The number of ether oxygens (including phenoxy) is 1. The Labute approximate surface area is 235 Å². The largest absolute Gasteiger partial charge is 0.510 e. The van der Waals surface area contributed by atoms with Crippen molar-refractivity contribution in [3.8, 4) is 5.75 Å². The van der Waals surface area contributed by atoms with Gasteiger partial charge in [-0.1, -0.05) is 33.8 Å². The van der Waals surface area contributed by atoms with Crippen LogP contribution in [0.4, 0.5) is 10.5 Å². The fourth-order valence-electron chi connectivity index (χ4n) is 6.15. The van der Waals surface area contributed by atoms with Crippen LogP contribution in [0.1, 0.15) is 49.5 Å². The standard InChI is InChI=1S/C28H35N3O10/c1-10-11-7-8-12(30-26(39)41-9-27(2,3)4)19(32)14(11)20(33)15-13(10)21(34)17-18(31(5)6)22(35)16(25(29)38)24(37)28(17,40)23(15)36/h7-8,10,13,17-18,21,32,34-36,40H,9H2,1-6H3,(H2,29,38)(H,30,39)/t10-,13+,17+,18-,21-,28-/m1/s1. The highest BCUT2D eigenvalue weighted by molar-refractivity contribution is 6.25. The summed E-state index contributed by atoms with van der Waals surface area (Å²) in [6.07, 6.45) is -2.58. The molecule has 0 saturated heterocycles. The highest BCUT2D eigenvalue weighted by atomic mass is 16.5. The lowest BCUT2D eigenvalue weighted by Crippen LogP contribution is -2.68. The number of rotatable bonds is 4. The number of anilines is 1. The van der Waals surface area contributed by atoms with E-state index in [-0.39, 0.29) is 28.8 Å². The van der Waals surface area contributed by atoms with Crippen molar-refractivity contribution in [2.24, 2.45) is 23.0 Å². The van der Waals surface area contributed by atoms with E-state index in [9.17, 15) is 44.7 Å². The zero-order valence-electron chi connectivity index (χ0n) is 23.6. The number of aliphatic hydroxyl groups is 4. The number of carbonyl (C=O) groups is 4. The van der Waals surface area contributed by atoms with Crippen molar-refractivity contribution in [3.05, 3.63) is 45.9 Å². The summed E-state index contributed by atoms with van der Waals surface area (Å²) in [5, 5.41) is 59.1. The highest BCUT2D eigenvalue weighted by Gasteiger charge is 2.67. The van der Waals surface area contributed by atoms with Gasteiger partial charge in [-0.25, -0.2) is 4.79 Å². The molecule has 1 aromatic rings. The average molecular weight is 574 g/mol. The average Bonchev–Trinajstić information content (AvgIpc) is 2.85. The predicted molar refractivity (Wildman–Crippen MR) is 144 cm³/mol. The molecule has 222 valence electrons. The van der Waals surface area contributed by atoms with Crippen LogP contribution in [0.5, 0.6) is 5.75 Å². The number of phenolic OH excluding ortho intramolecular Hbond substituents is 1. The minimum Gasteiger partial charge on any atom is -0.510 e. The van der Waals surface area contributed by atoms with Crippen LogP contribution in [0.15, 0.2) is 34.8 Å². The molecule has 8 N–H and O–H groups in total. The van der Waals surface area contributed by atoms with E-state index < -0.39 is 87.5 Å². The summed E-state index contributed by atoms with van der Waals surface area (Å²) < 4.78 is 5.16. The monoisotopic (exact) mass is 573 g/mol. The molecule has 0 bridgehead atoms. The summed E-state index contributed by atoms with van der Waals surface area (Å²) >= 11 is 0. The number of phenols is 1. The van der Waals surface area contributed by atoms with Crippen LogP contribution >= 0.6 is 0 Å². The molecule has 4 rings (SSSR count). The number of hydrogen-bond donors (Lipinski definition) is 7. The Morgan fingerprint density at radius 1 is 1.15 bits per heavy atom. The molecule has 0 saturated carbocycles. The normalized spacial score (nSPS) is 29.6. The van der Waals surface area contributed by atoms with E-state index in [1.54, 1.807) is 6.92 Å². The van der Waals surface area contributed by atoms with Gasteiger partial charge in [-0.05, 0) is 37.1 Å². The number of Topliss-reactive ketones (excluding diaryl/α,β-unsaturated/α-hetero) is 2. The van der Waals surface area contributed by atoms with E-state index in [0.29, 0.717) is 0 Å². The Morgan fingerprint density at radius 3 is 2.29 bits per heavy atom. The molecule has 0 spiro atoms. The number of nitrogens with two attached hydrogens (primary N) is 1. The maximum Gasteiger partial charge on any atom is 0.411 e. The Bertz CT molecular complexity index is 1420.